The molecule has 42 heavy (non-hydrogen) atoms. The summed E-state index contributed by atoms with van der Waals surface area (Å²) in [5.41, 5.74) is -0.243. The van der Waals surface area contributed by atoms with E-state index < -0.39 is 46.9 Å². The van der Waals surface area contributed by atoms with Gasteiger partial charge < -0.3 is 30.4 Å². The minimum absolute atomic E-state index is 0.0384. The molecule has 12 heteroatoms. The molecule has 2 aromatic carbocycles. The van der Waals surface area contributed by atoms with Crippen LogP contribution in [0.3, 0.4) is 0 Å². The summed E-state index contributed by atoms with van der Waals surface area (Å²) in [6, 6.07) is 11.3. The maximum atomic E-state index is 13.7. The lowest BCUT2D eigenvalue weighted by Gasteiger charge is -2.22. The number of alkyl carbamates (subject to hydrolysis) is 1. The fourth-order valence-corrected chi connectivity index (χ4v) is 4.77. The third-order valence-corrected chi connectivity index (χ3v) is 6.74. The molecule has 0 spiro atoms. The van der Waals surface area contributed by atoms with Gasteiger partial charge in [-0.1, -0.05) is 30.3 Å². The molecule has 2 amide bonds. The van der Waals surface area contributed by atoms with E-state index in [-0.39, 0.29) is 24.8 Å². The summed E-state index contributed by atoms with van der Waals surface area (Å²) < 4.78 is 6.03. The molecule has 12 nitrogen and oxygen atoms in total. The molecule has 4 aromatic rings. The smallest absolute Gasteiger partial charge is 0.407 e. The van der Waals surface area contributed by atoms with Crippen molar-refractivity contribution in [1.29, 1.82) is 0 Å². The molecular weight excluding hydrogens is 542 g/mol. The standard InChI is InChI=1S/C30H35N5O7/c1-30(2,3)42-29(41)31-15-9-8-14-23(27(38)39)33-25(36)24(16-18-17-32-21-12-6-4-10-19(18)21)35-26(37)20-11-5-7-13-22(20)34-28(35)40/h4-7,10-13,17,23-24,32H,8-9,14-16H2,1-3H3,(H,31,41)(H,33,36)(H,34,40)(H,38,39). The van der Waals surface area contributed by atoms with Gasteiger partial charge in [-0.15, -0.1) is 0 Å². The maximum Gasteiger partial charge on any atom is 0.407 e. The monoisotopic (exact) mass is 577 g/mol. The Morgan fingerprint density at radius 2 is 1.64 bits per heavy atom. The van der Waals surface area contributed by atoms with Gasteiger partial charge in [0.15, 0.2) is 0 Å². The molecule has 2 aromatic heterocycles. The van der Waals surface area contributed by atoms with Gasteiger partial charge in [0.2, 0.25) is 5.91 Å². The zero-order valence-electron chi connectivity index (χ0n) is 23.7. The first-order chi connectivity index (χ1) is 19.9. The van der Waals surface area contributed by atoms with Crippen LogP contribution in [0.15, 0.2) is 64.3 Å². The first-order valence-electron chi connectivity index (χ1n) is 13.7. The third-order valence-electron chi connectivity index (χ3n) is 6.74. The molecule has 2 heterocycles. The maximum absolute atomic E-state index is 13.7. The van der Waals surface area contributed by atoms with Crippen molar-refractivity contribution in [3.63, 3.8) is 0 Å². The topological polar surface area (TPSA) is 175 Å². The van der Waals surface area contributed by atoms with Crippen LogP contribution in [-0.2, 0) is 20.7 Å². The second-order valence-electron chi connectivity index (χ2n) is 11.1. The van der Waals surface area contributed by atoms with Crippen LogP contribution in [0.4, 0.5) is 4.79 Å². The summed E-state index contributed by atoms with van der Waals surface area (Å²) in [7, 11) is 0. The Kier molecular flexibility index (Phi) is 9.14. The van der Waals surface area contributed by atoms with Crippen LogP contribution in [0.2, 0.25) is 0 Å². The molecule has 222 valence electrons. The van der Waals surface area contributed by atoms with Crippen LogP contribution < -0.4 is 21.9 Å². The van der Waals surface area contributed by atoms with Gasteiger partial charge >= 0.3 is 17.8 Å². The number of aromatic amines is 2. The van der Waals surface area contributed by atoms with Crippen LogP contribution in [-0.4, -0.2) is 55.8 Å². The highest BCUT2D eigenvalue weighted by Gasteiger charge is 2.30. The Morgan fingerprint density at radius 1 is 0.976 bits per heavy atom. The molecule has 0 bridgehead atoms. The van der Waals surface area contributed by atoms with Crippen molar-refractivity contribution in [3.05, 3.63) is 81.1 Å². The Bertz CT molecular complexity index is 1710. The number of nitrogens with one attached hydrogen (secondary N) is 4. The number of unbranched alkanes of at least 4 members (excludes halogenated alkanes) is 1. The summed E-state index contributed by atoms with van der Waals surface area (Å²) in [5, 5.41) is 16.0. The van der Waals surface area contributed by atoms with E-state index in [0.29, 0.717) is 23.9 Å². The lowest BCUT2D eigenvalue weighted by Crippen LogP contribution is -2.49. The average Bonchev–Trinajstić information content (AvgIpc) is 3.33. The number of carboxylic acid groups (broad SMARTS) is 1. The summed E-state index contributed by atoms with van der Waals surface area (Å²) in [6.07, 6.45) is 1.98. The van der Waals surface area contributed by atoms with E-state index >= 15 is 0 Å². The molecule has 0 radical (unpaired) electrons. The molecular formula is C30H35N5O7. The number of aliphatic carboxylic acids is 1. The first kappa shape index (κ1) is 30.1. The van der Waals surface area contributed by atoms with E-state index in [2.05, 4.69) is 20.6 Å². The number of rotatable bonds is 11. The number of fused-ring (bicyclic) bond motifs is 2. The van der Waals surface area contributed by atoms with E-state index in [1.807, 2.05) is 24.3 Å². The molecule has 0 saturated heterocycles. The van der Waals surface area contributed by atoms with Crippen molar-refractivity contribution in [3.8, 4) is 0 Å². The number of ether oxygens (including phenoxy) is 1. The Balaban J connectivity index is 1.55. The van der Waals surface area contributed by atoms with Crippen molar-refractivity contribution in [2.75, 3.05) is 6.54 Å². The van der Waals surface area contributed by atoms with Crippen LogP contribution in [0, 0.1) is 0 Å². The number of aromatic nitrogens is 3. The molecule has 2 unspecified atom stereocenters. The lowest BCUT2D eigenvalue weighted by molar-refractivity contribution is -0.142. The van der Waals surface area contributed by atoms with E-state index in [1.54, 1.807) is 51.2 Å². The largest absolute Gasteiger partial charge is 0.480 e. The number of nitrogens with zero attached hydrogens (tertiary/aromatic N) is 1. The number of hydrogen-bond acceptors (Lipinski definition) is 6. The van der Waals surface area contributed by atoms with Crippen molar-refractivity contribution < 1.29 is 24.2 Å². The Labute approximate surface area is 241 Å². The number of amides is 2. The summed E-state index contributed by atoms with van der Waals surface area (Å²) in [6.45, 7) is 5.51. The zero-order chi connectivity index (χ0) is 30.4. The fraction of sp³-hybridized carbons (Fsp3) is 0.367. The predicted octanol–water partition coefficient (Wildman–Crippen LogP) is 3.22. The highest BCUT2D eigenvalue weighted by atomic mass is 16.6. The number of H-pyrrole nitrogens is 2. The highest BCUT2D eigenvalue weighted by molar-refractivity contribution is 5.88. The number of carbonyl (C=O) groups excluding carboxylic acids is 2. The van der Waals surface area contributed by atoms with E-state index in [4.69, 9.17) is 4.74 Å². The third kappa shape index (κ3) is 7.25. The first-order valence-corrected chi connectivity index (χ1v) is 13.7. The van der Waals surface area contributed by atoms with Crippen molar-refractivity contribution in [2.24, 2.45) is 0 Å². The molecule has 4 rings (SSSR count). The Morgan fingerprint density at radius 3 is 2.33 bits per heavy atom. The number of carbonyl (C=O) groups is 3. The molecule has 5 N–H and O–H groups in total. The van der Waals surface area contributed by atoms with Crippen molar-refractivity contribution in [1.82, 2.24) is 25.2 Å². The molecule has 0 fully saturated rings. The minimum atomic E-state index is -1.33. The van der Waals surface area contributed by atoms with Gasteiger partial charge in [-0.3, -0.25) is 9.59 Å². The van der Waals surface area contributed by atoms with E-state index in [1.165, 1.54) is 0 Å². The molecule has 2 atom stereocenters. The van der Waals surface area contributed by atoms with Gasteiger partial charge in [0.25, 0.3) is 5.56 Å². The van der Waals surface area contributed by atoms with E-state index in [9.17, 15) is 29.1 Å². The minimum Gasteiger partial charge on any atom is -0.480 e. The second kappa shape index (κ2) is 12.8. The quantitative estimate of drug-likeness (QED) is 0.170. The highest BCUT2D eigenvalue weighted by Crippen LogP contribution is 2.23. The molecule has 0 aliphatic heterocycles. The molecule has 0 aliphatic carbocycles. The molecule has 0 saturated carbocycles. The van der Waals surface area contributed by atoms with Gasteiger partial charge in [0, 0.05) is 30.1 Å². The number of hydrogen-bond donors (Lipinski definition) is 5. The van der Waals surface area contributed by atoms with Gasteiger partial charge in [0.1, 0.15) is 17.7 Å². The fourth-order valence-electron chi connectivity index (χ4n) is 4.77. The van der Waals surface area contributed by atoms with Crippen LogP contribution in [0.25, 0.3) is 21.8 Å². The van der Waals surface area contributed by atoms with E-state index in [0.717, 1.165) is 15.5 Å². The molecule has 0 aliphatic rings. The van der Waals surface area contributed by atoms with Gasteiger partial charge in [-0.25, -0.2) is 19.0 Å². The average molecular weight is 578 g/mol. The summed E-state index contributed by atoms with van der Waals surface area (Å²) >= 11 is 0. The zero-order valence-corrected chi connectivity index (χ0v) is 23.7. The lowest BCUT2D eigenvalue weighted by atomic mass is 10.0. The number of carboxylic acids is 1. The Hall–Kier alpha value is -4.87. The summed E-state index contributed by atoms with van der Waals surface area (Å²) in [5.74, 6) is -2.03. The van der Waals surface area contributed by atoms with Crippen LogP contribution in [0.1, 0.15) is 51.6 Å². The van der Waals surface area contributed by atoms with Gasteiger partial charge in [-0.05, 0) is 63.8 Å². The number of para-hydroxylation sites is 2. The van der Waals surface area contributed by atoms with Crippen molar-refractivity contribution in [2.45, 2.75) is 64.1 Å². The SMILES string of the molecule is CC(C)(C)OC(=O)NCCCCC(NC(=O)C(Cc1c[nH]c2ccccc12)n1c(=O)[nH]c2ccccc2c1=O)C(=O)O. The number of benzene rings is 2. The summed E-state index contributed by atoms with van der Waals surface area (Å²) in [4.78, 5) is 70.0. The predicted molar refractivity (Wildman–Crippen MR) is 158 cm³/mol. The normalized spacial score (nSPS) is 13.0. The van der Waals surface area contributed by atoms with Gasteiger partial charge in [-0.2, -0.15) is 0 Å². The van der Waals surface area contributed by atoms with Crippen molar-refractivity contribution >= 4 is 39.8 Å². The van der Waals surface area contributed by atoms with Crippen LogP contribution >= 0.6 is 0 Å². The van der Waals surface area contributed by atoms with Gasteiger partial charge in [0.05, 0.1) is 10.9 Å². The second-order valence-corrected chi connectivity index (χ2v) is 11.1. The van der Waals surface area contributed by atoms with Crippen LogP contribution in [0.5, 0.6) is 0 Å².